The number of nitro groups is 1. The number of sulfonamides is 1. The number of hydrogen-bond donors (Lipinski definition) is 1. The van der Waals surface area contributed by atoms with E-state index in [0.29, 0.717) is 10.4 Å². The molecule has 21 heavy (non-hydrogen) atoms. The Morgan fingerprint density at radius 2 is 2.10 bits per heavy atom. The molecule has 0 aliphatic carbocycles. The minimum absolute atomic E-state index is 0.0277. The predicted molar refractivity (Wildman–Crippen MR) is 69.7 cm³/mol. The number of halogens is 1. The van der Waals surface area contributed by atoms with Crippen molar-refractivity contribution in [3.8, 4) is 0 Å². The molecule has 1 N–H and O–H groups in total. The second kappa shape index (κ2) is 6.14. The fraction of sp³-hybridized carbons (Fsp3) is 0.364. The van der Waals surface area contributed by atoms with E-state index in [9.17, 15) is 27.7 Å². The number of nitro benzene ring substituents is 1. The normalized spacial score (nSPS) is 13.1. The zero-order chi connectivity index (χ0) is 16.4. The Bertz CT molecular complexity index is 675. The van der Waals surface area contributed by atoms with E-state index in [0.717, 1.165) is 19.2 Å². The molecule has 0 radical (unpaired) electrons. The number of likely N-dealkylation sites (N-methyl/N-ethyl adjacent to an activating group) is 1. The van der Waals surface area contributed by atoms with Gasteiger partial charge in [0.2, 0.25) is 10.0 Å². The summed E-state index contributed by atoms with van der Waals surface area (Å²) in [5, 5.41) is 19.8. The van der Waals surface area contributed by atoms with E-state index in [4.69, 9.17) is 5.11 Å². The molecule has 1 aromatic carbocycles. The number of aliphatic carboxylic acids is 1. The molecule has 1 atom stereocenters. The number of carboxylic acid groups (broad SMARTS) is 1. The first-order chi connectivity index (χ1) is 9.62. The Kier molecular flexibility index (Phi) is 4.97. The predicted octanol–water partition coefficient (Wildman–Crippen LogP) is 1.22. The van der Waals surface area contributed by atoms with Crippen molar-refractivity contribution >= 4 is 21.7 Å². The van der Waals surface area contributed by atoms with E-state index in [1.165, 1.54) is 6.92 Å². The quantitative estimate of drug-likeness (QED) is 0.622. The van der Waals surface area contributed by atoms with Gasteiger partial charge in [0.1, 0.15) is 11.9 Å². The second-order valence-corrected chi connectivity index (χ2v) is 6.12. The molecule has 10 heteroatoms. The largest absolute Gasteiger partial charge is 0.480 e. The van der Waals surface area contributed by atoms with Gasteiger partial charge in [0.05, 0.1) is 11.0 Å². The topological polar surface area (TPSA) is 118 Å². The van der Waals surface area contributed by atoms with Crippen molar-refractivity contribution in [2.45, 2.75) is 24.3 Å². The lowest BCUT2D eigenvalue weighted by Gasteiger charge is -2.22. The van der Waals surface area contributed by atoms with Gasteiger partial charge in [-0.15, -0.1) is 0 Å². The molecule has 0 aliphatic rings. The summed E-state index contributed by atoms with van der Waals surface area (Å²) in [4.78, 5) is 20.1. The molecule has 1 aromatic rings. The highest BCUT2D eigenvalue weighted by Gasteiger charge is 2.36. The highest BCUT2D eigenvalue weighted by atomic mass is 32.2. The van der Waals surface area contributed by atoms with Crippen LogP contribution in [-0.2, 0) is 14.8 Å². The van der Waals surface area contributed by atoms with E-state index in [1.807, 2.05) is 0 Å². The SMILES string of the molecule is CCC(C(=O)O)N(C)S(=O)(=O)c1ccc(F)cc1[N+](=O)[O-]. The van der Waals surface area contributed by atoms with Gasteiger partial charge in [0, 0.05) is 7.05 Å². The first kappa shape index (κ1) is 17.0. The number of carbonyl (C=O) groups is 1. The first-order valence-corrected chi connectivity index (χ1v) is 7.21. The van der Waals surface area contributed by atoms with Gasteiger partial charge in [0.15, 0.2) is 4.90 Å². The van der Waals surface area contributed by atoms with Gasteiger partial charge in [-0.3, -0.25) is 14.9 Å². The Morgan fingerprint density at radius 3 is 2.52 bits per heavy atom. The Balaban J connectivity index is 3.44. The lowest BCUT2D eigenvalue weighted by molar-refractivity contribution is -0.388. The maximum Gasteiger partial charge on any atom is 0.321 e. The smallest absolute Gasteiger partial charge is 0.321 e. The van der Waals surface area contributed by atoms with E-state index < -0.39 is 43.4 Å². The molecule has 0 fully saturated rings. The Labute approximate surface area is 120 Å². The van der Waals surface area contributed by atoms with Crippen LogP contribution < -0.4 is 0 Å². The van der Waals surface area contributed by atoms with Gasteiger partial charge in [-0.25, -0.2) is 12.8 Å². The van der Waals surface area contributed by atoms with Crippen LogP contribution in [0.5, 0.6) is 0 Å². The number of nitrogens with zero attached hydrogens (tertiary/aromatic N) is 2. The molecule has 1 unspecified atom stereocenters. The van der Waals surface area contributed by atoms with Gasteiger partial charge in [0.25, 0.3) is 5.69 Å². The van der Waals surface area contributed by atoms with Crippen LogP contribution in [0.2, 0.25) is 0 Å². The van der Waals surface area contributed by atoms with Crippen molar-refractivity contribution in [3.63, 3.8) is 0 Å². The summed E-state index contributed by atoms with van der Waals surface area (Å²) in [6, 6.07) is 0.603. The van der Waals surface area contributed by atoms with Crippen LogP contribution in [0.4, 0.5) is 10.1 Å². The highest BCUT2D eigenvalue weighted by Crippen LogP contribution is 2.28. The summed E-state index contributed by atoms with van der Waals surface area (Å²) in [5.41, 5.74) is -0.943. The first-order valence-electron chi connectivity index (χ1n) is 5.77. The molecular weight excluding hydrogens is 307 g/mol. The van der Waals surface area contributed by atoms with Gasteiger partial charge in [-0.2, -0.15) is 4.31 Å². The van der Waals surface area contributed by atoms with E-state index in [-0.39, 0.29) is 6.42 Å². The van der Waals surface area contributed by atoms with Crippen molar-refractivity contribution in [1.29, 1.82) is 0 Å². The lowest BCUT2D eigenvalue weighted by Crippen LogP contribution is -2.42. The van der Waals surface area contributed by atoms with Crippen molar-refractivity contribution in [2.24, 2.45) is 0 Å². The van der Waals surface area contributed by atoms with Gasteiger partial charge in [-0.1, -0.05) is 6.92 Å². The third-order valence-electron chi connectivity index (χ3n) is 2.89. The molecule has 0 aliphatic heterocycles. The molecule has 1 rings (SSSR count). The third-order valence-corrected chi connectivity index (χ3v) is 4.80. The van der Waals surface area contributed by atoms with Crippen LogP contribution in [0, 0.1) is 15.9 Å². The van der Waals surface area contributed by atoms with E-state index >= 15 is 0 Å². The minimum Gasteiger partial charge on any atom is -0.480 e. The average Bonchev–Trinajstić information content (AvgIpc) is 2.38. The second-order valence-electron chi connectivity index (χ2n) is 4.15. The molecular formula is C11H13FN2O6S. The van der Waals surface area contributed by atoms with Crippen LogP contribution in [0.25, 0.3) is 0 Å². The summed E-state index contributed by atoms with van der Waals surface area (Å²) >= 11 is 0. The molecule has 116 valence electrons. The number of hydrogen-bond acceptors (Lipinski definition) is 5. The molecule has 0 heterocycles. The molecule has 0 bridgehead atoms. The Morgan fingerprint density at radius 1 is 1.52 bits per heavy atom. The van der Waals surface area contributed by atoms with Gasteiger partial charge >= 0.3 is 5.97 Å². The van der Waals surface area contributed by atoms with Crippen LogP contribution in [-0.4, -0.2) is 41.8 Å². The number of carboxylic acids is 1. The molecule has 0 saturated heterocycles. The summed E-state index contributed by atoms with van der Waals surface area (Å²) in [7, 11) is -3.44. The maximum atomic E-state index is 13.0. The number of benzene rings is 1. The lowest BCUT2D eigenvalue weighted by atomic mass is 10.2. The summed E-state index contributed by atoms with van der Waals surface area (Å²) in [6.45, 7) is 1.46. The van der Waals surface area contributed by atoms with Crippen LogP contribution >= 0.6 is 0 Å². The zero-order valence-electron chi connectivity index (χ0n) is 11.2. The monoisotopic (exact) mass is 320 g/mol. The van der Waals surface area contributed by atoms with Crippen LogP contribution in [0.3, 0.4) is 0 Å². The van der Waals surface area contributed by atoms with Gasteiger partial charge in [-0.05, 0) is 18.6 Å². The average molecular weight is 320 g/mol. The van der Waals surface area contributed by atoms with E-state index in [2.05, 4.69) is 0 Å². The van der Waals surface area contributed by atoms with Crippen LogP contribution in [0.1, 0.15) is 13.3 Å². The standard InChI is InChI=1S/C11H13FN2O6S/c1-3-8(11(15)16)13(2)21(19,20)10-5-4-7(12)6-9(10)14(17)18/h4-6,8H,3H2,1-2H3,(H,15,16). The summed E-state index contributed by atoms with van der Waals surface area (Å²) < 4.78 is 38.2. The van der Waals surface area contributed by atoms with Crippen LogP contribution in [0.15, 0.2) is 23.1 Å². The molecule has 0 aromatic heterocycles. The highest BCUT2D eigenvalue weighted by molar-refractivity contribution is 7.89. The zero-order valence-corrected chi connectivity index (χ0v) is 12.0. The molecule has 8 nitrogen and oxygen atoms in total. The fourth-order valence-corrected chi connectivity index (χ4v) is 3.28. The van der Waals surface area contributed by atoms with Crippen molar-refractivity contribution in [1.82, 2.24) is 4.31 Å². The van der Waals surface area contributed by atoms with Crippen molar-refractivity contribution in [2.75, 3.05) is 7.05 Å². The van der Waals surface area contributed by atoms with E-state index in [1.54, 1.807) is 0 Å². The molecule has 0 amide bonds. The van der Waals surface area contributed by atoms with Crippen molar-refractivity contribution < 1.29 is 27.6 Å². The summed E-state index contributed by atoms with van der Waals surface area (Å²) in [5.74, 6) is -2.35. The maximum absolute atomic E-state index is 13.0. The van der Waals surface area contributed by atoms with Gasteiger partial charge < -0.3 is 5.11 Å². The molecule has 0 saturated carbocycles. The molecule has 0 spiro atoms. The number of rotatable bonds is 6. The fourth-order valence-electron chi connectivity index (χ4n) is 1.76. The summed E-state index contributed by atoms with van der Waals surface area (Å²) in [6.07, 6.45) is -0.0277. The third kappa shape index (κ3) is 3.34. The minimum atomic E-state index is -4.44. The van der Waals surface area contributed by atoms with Crippen molar-refractivity contribution in [3.05, 3.63) is 34.1 Å². The Hall–Kier alpha value is -2.07.